The van der Waals surface area contributed by atoms with Crippen LogP contribution in [0.5, 0.6) is 46.0 Å². The molecule has 0 spiro atoms. The zero-order valence-electron chi connectivity index (χ0n) is 32.3. The van der Waals surface area contributed by atoms with E-state index in [1.807, 2.05) is 60.7 Å². The summed E-state index contributed by atoms with van der Waals surface area (Å²) in [6.07, 6.45) is 0.830. The number of benzene rings is 8. The van der Waals surface area contributed by atoms with E-state index in [2.05, 4.69) is 24.3 Å². The minimum atomic E-state index is -3.68. The molecule has 0 bridgehead atoms. The van der Waals surface area contributed by atoms with E-state index < -0.39 is 9.84 Å². The lowest BCUT2D eigenvalue weighted by atomic mass is 10.0. The van der Waals surface area contributed by atoms with Gasteiger partial charge in [0.1, 0.15) is 46.0 Å². The summed E-state index contributed by atoms with van der Waals surface area (Å²) >= 11 is 0. The summed E-state index contributed by atoms with van der Waals surface area (Å²) in [7, 11) is -3.68. The normalized spacial score (nSPS) is 10.8. The van der Waals surface area contributed by atoms with Crippen molar-refractivity contribution in [3.63, 3.8) is 0 Å². The van der Waals surface area contributed by atoms with Crippen LogP contribution in [0.3, 0.4) is 0 Å². The Morgan fingerprint density at radius 3 is 0.817 bits per heavy atom. The van der Waals surface area contributed by atoms with Gasteiger partial charge in [0.05, 0.1) is 9.79 Å². The van der Waals surface area contributed by atoms with Crippen molar-refractivity contribution in [2.75, 3.05) is 22.9 Å². The van der Waals surface area contributed by atoms with E-state index in [1.54, 1.807) is 84.9 Å². The molecule has 0 atom stereocenters. The first-order chi connectivity index (χ1) is 29.0. The fraction of sp³-hybridized carbons (Fsp3) is 0.0204. The van der Waals surface area contributed by atoms with E-state index in [9.17, 15) is 8.42 Å². The molecule has 0 fully saturated rings. The van der Waals surface area contributed by atoms with Gasteiger partial charge in [0, 0.05) is 47.0 Å². The summed E-state index contributed by atoms with van der Waals surface area (Å²) in [5.41, 5.74) is 28.0. The lowest BCUT2D eigenvalue weighted by Gasteiger charge is -2.10. The van der Waals surface area contributed by atoms with Crippen molar-refractivity contribution in [2.24, 2.45) is 0 Å². The standard InChI is InChI=1S/C25H22N2O2.C24H20N2O4S/c26-20-3-1-5-24(16-20)28-22-11-7-18(8-12-22)15-19-9-13-23(14-10-19)29-25-6-2-4-21(27)17-25;25-17-3-1-5-21(15-17)29-19-7-11-23(12-8-19)31(27,28)24-13-9-20(10-14-24)30-22-6-2-4-18(26)16-22/h1-14,16-17H,15,26-27H2;1-16H,25-26H2. The molecule has 8 aromatic carbocycles. The molecule has 0 aliphatic rings. The Bertz CT molecular complexity index is 2590. The Labute approximate surface area is 349 Å². The molecule has 0 saturated heterocycles. The first-order valence-corrected chi connectivity index (χ1v) is 20.3. The molecule has 0 aromatic heterocycles. The number of sulfone groups is 1. The quantitative estimate of drug-likeness (QED) is 0.0869. The zero-order chi connectivity index (χ0) is 41.9. The Morgan fingerprint density at radius 2 is 0.567 bits per heavy atom. The van der Waals surface area contributed by atoms with E-state index in [-0.39, 0.29) is 9.79 Å². The maximum atomic E-state index is 12.9. The van der Waals surface area contributed by atoms with Crippen LogP contribution >= 0.6 is 0 Å². The van der Waals surface area contributed by atoms with E-state index in [4.69, 9.17) is 41.9 Å². The largest absolute Gasteiger partial charge is 0.457 e. The van der Waals surface area contributed by atoms with Gasteiger partial charge in [0.15, 0.2) is 0 Å². The Kier molecular flexibility index (Phi) is 12.5. The molecule has 0 unspecified atom stereocenters. The van der Waals surface area contributed by atoms with Gasteiger partial charge in [-0.3, -0.25) is 0 Å². The van der Waals surface area contributed by atoms with Crippen molar-refractivity contribution in [1.82, 2.24) is 0 Å². The molecule has 11 heteroatoms. The van der Waals surface area contributed by atoms with Crippen LogP contribution in [-0.2, 0) is 16.3 Å². The minimum Gasteiger partial charge on any atom is -0.457 e. The number of hydrogen-bond donors (Lipinski definition) is 4. The smallest absolute Gasteiger partial charge is 0.206 e. The molecule has 0 aliphatic heterocycles. The number of nitrogen functional groups attached to an aromatic ring is 4. The second-order valence-electron chi connectivity index (χ2n) is 13.6. The SMILES string of the molecule is Nc1cccc(Oc2ccc(Cc3ccc(Oc4cccc(N)c4)cc3)cc2)c1.Nc1cccc(Oc2ccc(S(=O)(=O)c3ccc(Oc4cccc(N)c4)cc3)cc2)c1. The summed E-state index contributed by atoms with van der Waals surface area (Å²) in [5.74, 6) is 5.20. The highest BCUT2D eigenvalue weighted by Crippen LogP contribution is 2.30. The van der Waals surface area contributed by atoms with Crippen LogP contribution < -0.4 is 41.9 Å². The van der Waals surface area contributed by atoms with Crippen LogP contribution in [0.15, 0.2) is 204 Å². The number of anilines is 4. The van der Waals surface area contributed by atoms with Crippen LogP contribution in [0.4, 0.5) is 22.7 Å². The maximum absolute atomic E-state index is 12.9. The van der Waals surface area contributed by atoms with Gasteiger partial charge in [-0.15, -0.1) is 0 Å². The predicted molar refractivity (Wildman–Crippen MR) is 238 cm³/mol. The van der Waals surface area contributed by atoms with Gasteiger partial charge < -0.3 is 41.9 Å². The first kappa shape index (κ1) is 40.3. The number of nitrogens with two attached hydrogens (primary N) is 4. The number of rotatable bonds is 12. The summed E-state index contributed by atoms with van der Waals surface area (Å²) in [6, 6.07) is 57.4. The monoisotopic (exact) mass is 814 g/mol. The van der Waals surface area contributed by atoms with E-state index in [0.717, 1.165) is 29.4 Å². The van der Waals surface area contributed by atoms with Gasteiger partial charge in [0.25, 0.3) is 0 Å². The molecule has 8 N–H and O–H groups in total. The lowest BCUT2D eigenvalue weighted by molar-refractivity contribution is 0.482. The highest BCUT2D eigenvalue weighted by Gasteiger charge is 2.18. The topological polar surface area (TPSA) is 175 Å². The summed E-state index contributed by atoms with van der Waals surface area (Å²) in [5, 5.41) is 0. The van der Waals surface area contributed by atoms with Crippen LogP contribution in [0.1, 0.15) is 11.1 Å². The Balaban J connectivity index is 0.000000182. The number of hydrogen-bond acceptors (Lipinski definition) is 10. The van der Waals surface area contributed by atoms with Crippen molar-refractivity contribution >= 4 is 32.6 Å². The second-order valence-corrected chi connectivity index (χ2v) is 15.6. The molecule has 8 rings (SSSR count). The van der Waals surface area contributed by atoms with Crippen LogP contribution in [0.2, 0.25) is 0 Å². The highest BCUT2D eigenvalue weighted by atomic mass is 32.2. The van der Waals surface area contributed by atoms with E-state index in [1.165, 1.54) is 35.4 Å². The molecule has 8 aromatic rings. The molecule has 0 amide bonds. The van der Waals surface area contributed by atoms with Crippen LogP contribution in [-0.4, -0.2) is 8.42 Å². The van der Waals surface area contributed by atoms with Gasteiger partial charge in [-0.2, -0.15) is 0 Å². The minimum absolute atomic E-state index is 0.164. The van der Waals surface area contributed by atoms with E-state index in [0.29, 0.717) is 45.7 Å². The van der Waals surface area contributed by atoms with Gasteiger partial charge in [-0.05, 0) is 139 Å². The fourth-order valence-electron chi connectivity index (χ4n) is 5.95. The highest BCUT2D eigenvalue weighted by molar-refractivity contribution is 7.91. The molecule has 0 heterocycles. The average Bonchev–Trinajstić information content (AvgIpc) is 3.23. The first-order valence-electron chi connectivity index (χ1n) is 18.8. The summed E-state index contributed by atoms with van der Waals surface area (Å²) in [6.45, 7) is 0. The average molecular weight is 815 g/mol. The molecule has 0 aliphatic carbocycles. The van der Waals surface area contributed by atoms with Crippen LogP contribution in [0.25, 0.3) is 0 Å². The summed E-state index contributed by atoms with van der Waals surface area (Å²) < 4.78 is 49.0. The number of ether oxygens (including phenoxy) is 4. The second kappa shape index (κ2) is 18.6. The Morgan fingerprint density at radius 1 is 0.317 bits per heavy atom. The molecular formula is C49H42N4O6S. The van der Waals surface area contributed by atoms with Gasteiger partial charge in [-0.1, -0.05) is 48.5 Å². The molecule has 300 valence electrons. The van der Waals surface area contributed by atoms with Gasteiger partial charge in [0.2, 0.25) is 9.84 Å². The lowest BCUT2D eigenvalue weighted by Crippen LogP contribution is -2.01. The molecule has 60 heavy (non-hydrogen) atoms. The maximum Gasteiger partial charge on any atom is 0.206 e. The van der Waals surface area contributed by atoms with Crippen molar-refractivity contribution in [3.05, 3.63) is 205 Å². The van der Waals surface area contributed by atoms with Crippen molar-refractivity contribution in [3.8, 4) is 46.0 Å². The summed E-state index contributed by atoms with van der Waals surface area (Å²) in [4.78, 5) is 0.328. The van der Waals surface area contributed by atoms with E-state index >= 15 is 0 Å². The third-order valence-electron chi connectivity index (χ3n) is 8.90. The van der Waals surface area contributed by atoms with Crippen molar-refractivity contribution in [1.29, 1.82) is 0 Å². The zero-order valence-corrected chi connectivity index (χ0v) is 33.2. The van der Waals surface area contributed by atoms with Crippen molar-refractivity contribution in [2.45, 2.75) is 16.2 Å². The van der Waals surface area contributed by atoms with Gasteiger partial charge in [-0.25, -0.2) is 8.42 Å². The predicted octanol–water partition coefficient (Wildman–Crippen LogP) is 11.3. The molecular weight excluding hydrogens is 773 g/mol. The van der Waals surface area contributed by atoms with Crippen molar-refractivity contribution < 1.29 is 27.4 Å². The fourth-order valence-corrected chi connectivity index (χ4v) is 7.21. The molecule has 0 saturated carbocycles. The third kappa shape index (κ3) is 11.2. The van der Waals surface area contributed by atoms with Gasteiger partial charge >= 0.3 is 0 Å². The Hall–Kier alpha value is -7.89. The third-order valence-corrected chi connectivity index (χ3v) is 10.7. The van der Waals surface area contributed by atoms with Crippen LogP contribution in [0, 0.1) is 0 Å². The molecule has 0 radical (unpaired) electrons. The molecule has 10 nitrogen and oxygen atoms in total.